The van der Waals surface area contributed by atoms with E-state index in [0.29, 0.717) is 18.4 Å². The van der Waals surface area contributed by atoms with Gasteiger partial charge in [-0.3, -0.25) is 5.32 Å². The van der Waals surface area contributed by atoms with Crippen LogP contribution in [-0.4, -0.2) is 28.3 Å². The average molecular weight is 379 g/mol. The number of ether oxygens (including phenoxy) is 1. The summed E-state index contributed by atoms with van der Waals surface area (Å²) in [5.74, 6) is 2.15. The van der Waals surface area contributed by atoms with E-state index in [1.54, 1.807) is 11.3 Å². The van der Waals surface area contributed by atoms with E-state index in [9.17, 15) is 0 Å². The minimum absolute atomic E-state index is 0.0405. The quantitative estimate of drug-likeness (QED) is 0.812. The second-order valence-corrected chi connectivity index (χ2v) is 9.21. The van der Waals surface area contributed by atoms with Crippen molar-refractivity contribution in [2.75, 3.05) is 13.2 Å². The highest BCUT2D eigenvalue weighted by Gasteiger charge is 2.30. The lowest BCUT2D eigenvalue weighted by atomic mass is 9.91. The average Bonchev–Trinajstić information content (AvgIpc) is 3.25. The van der Waals surface area contributed by atoms with Gasteiger partial charge < -0.3 is 9.26 Å². The van der Waals surface area contributed by atoms with Crippen LogP contribution < -0.4 is 5.32 Å². The fourth-order valence-corrected chi connectivity index (χ4v) is 3.97. The number of hydrogen-bond acceptors (Lipinski definition) is 7. The second kappa shape index (κ2) is 8.15. The SMILES string of the molecule is CC(C)c1noc(C(NCc2csc(C(C)(C)C)n2)C2CCOCC2)n1. The molecule has 1 aliphatic rings. The van der Waals surface area contributed by atoms with Crippen molar-refractivity contribution in [3.8, 4) is 0 Å². The molecule has 1 saturated heterocycles. The summed E-state index contributed by atoms with van der Waals surface area (Å²) in [4.78, 5) is 9.43. The van der Waals surface area contributed by atoms with Crippen molar-refractivity contribution in [1.29, 1.82) is 0 Å². The number of nitrogens with zero attached hydrogens (tertiary/aromatic N) is 3. The van der Waals surface area contributed by atoms with Gasteiger partial charge in [-0.25, -0.2) is 4.98 Å². The Labute approximate surface area is 159 Å². The molecule has 0 radical (unpaired) electrons. The van der Waals surface area contributed by atoms with Crippen molar-refractivity contribution in [3.63, 3.8) is 0 Å². The van der Waals surface area contributed by atoms with Crippen LogP contribution in [0.5, 0.6) is 0 Å². The summed E-state index contributed by atoms with van der Waals surface area (Å²) in [6.07, 6.45) is 2.00. The van der Waals surface area contributed by atoms with Gasteiger partial charge in [0.1, 0.15) is 0 Å². The third-order valence-corrected chi connectivity index (χ3v) is 5.99. The Balaban J connectivity index is 1.73. The summed E-state index contributed by atoms with van der Waals surface area (Å²) in [6.45, 7) is 13.0. The van der Waals surface area contributed by atoms with Crippen molar-refractivity contribution in [1.82, 2.24) is 20.4 Å². The molecule has 144 valence electrons. The van der Waals surface area contributed by atoms with Crippen molar-refractivity contribution in [2.45, 2.75) is 71.4 Å². The lowest BCUT2D eigenvalue weighted by Crippen LogP contribution is -2.32. The number of thiazole rings is 1. The molecular weight excluding hydrogens is 348 g/mol. The van der Waals surface area contributed by atoms with E-state index >= 15 is 0 Å². The molecule has 0 aliphatic carbocycles. The molecule has 7 heteroatoms. The molecule has 0 amide bonds. The Hall–Kier alpha value is -1.31. The predicted molar refractivity (Wildman–Crippen MR) is 102 cm³/mol. The molecule has 0 aromatic carbocycles. The van der Waals surface area contributed by atoms with Crippen LogP contribution in [0.1, 0.15) is 81.8 Å². The Bertz CT molecular complexity index is 698. The molecule has 0 saturated carbocycles. The van der Waals surface area contributed by atoms with Crippen LogP contribution in [0.4, 0.5) is 0 Å². The van der Waals surface area contributed by atoms with E-state index in [-0.39, 0.29) is 17.4 Å². The fourth-order valence-electron chi connectivity index (χ4n) is 3.06. The van der Waals surface area contributed by atoms with Gasteiger partial charge in [-0.15, -0.1) is 11.3 Å². The van der Waals surface area contributed by atoms with Crippen molar-refractivity contribution < 1.29 is 9.26 Å². The van der Waals surface area contributed by atoms with Gasteiger partial charge in [-0.1, -0.05) is 39.8 Å². The van der Waals surface area contributed by atoms with Gasteiger partial charge in [-0.2, -0.15) is 4.98 Å². The second-order valence-electron chi connectivity index (χ2n) is 8.35. The van der Waals surface area contributed by atoms with E-state index in [4.69, 9.17) is 14.2 Å². The summed E-state index contributed by atoms with van der Waals surface area (Å²) in [7, 11) is 0. The van der Waals surface area contributed by atoms with Crippen LogP contribution in [0.3, 0.4) is 0 Å². The minimum Gasteiger partial charge on any atom is -0.381 e. The van der Waals surface area contributed by atoms with Crippen molar-refractivity contribution in [3.05, 3.63) is 27.8 Å². The number of aromatic nitrogens is 3. The van der Waals surface area contributed by atoms with E-state index in [1.807, 2.05) is 0 Å². The zero-order valence-electron chi connectivity index (χ0n) is 16.4. The fraction of sp³-hybridized carbons (Fsp3) is 0.737. The van der Waals surface area contributed by atoms with Crippen LogP contribution in [0.25, 0.3) is 0 Å². The highest BCUT2D eigenvalue weighted by atomic mass is 32.1. The summed E-state index contributed by atoms with van der Waals surface area (Å²) in [5, 5.41) is 11.1. The standard InChI is InChI=1S/C19H30N4O2S/c1-12(2)16-22-17(25-23-16)15(13-6-8-24-9-7-13)20-10-14-11-26-18(21-14)19(3,4)5/h11-13,15,20H,6-10H2,1-5H3. The van der Waals surface area contributed by atoms with Crippen molar-refractivity contribution in [2.24, 2.45) is 5.92 Å². The van der Waals surface area contributed by atoms with Crippen LogP contribution in [0.2, 0.25) is 0 Å². The molecule has 1 atom stereocenters. The van der Waals surface area contributed by atoms with Crippen LogP contribution >= 0.6 is 11.3 Å². The third-order valence-electron chi connectivity index (χ3n) is 4.67. The topological polar surface area (TPSA) is 73.1 Å². The van der Waals surface area contributed by atoms with Crippen LogP contribution in [0.15, 0.2) is 9.90 Å². The van der Waals surface area contributed by atoms with E-state index in [2.05, 4.69) is 55.5 Å². The monoisotopic (exact) mass is 378 g/mol. The molecule has 0 bridgehead atoms. The third kappa shape index (κ3) is 4.69. The molecule has 0 spiro atoms. The lowest BCUT2D eigenvalue weighted by molar-refractivity contribution is 0.0485. The van der Waals surface area contributed by atoms with Crippen LogP contribution in [0, 0.1) is 5.92 Å². The number of rotatable bonds is 6. The molecule has 3 rings (SSSR count). The largest absolute Gasteiger partial charge is 0.381 e. The molecule has 1 fully saturated rings. The number of nitrogens with one attached hydrogen (secondary N) is 1. The molecule has 3 heterocycles. The molecular formula is C19H30N4O2S. The highest BCUT2D eigenvalue weighted by molar-refractivity contribution is 7.09. The minimum atomic E-state index is 0.0405. The zero-order chi connectivity index (χ0) is 18.7. The number of hydrogen-bond donors (Lipinski definition) is 1. The molecule has 26 heavy (non-hydrogen) atoms. The van der Waals surface area contributed by atoms with Gasteiger partial charge in [-0.05, 0) is 18.8 Å². The molecule has 1 N–H and O–H groups in total. The smallest absolute Gasteiger partial charge is 0.244 e. The Morgan fingerprint density at radius 2 is 1.96 bits per heavy atom. The first-order chi connectivity index (χ1) is 12.3. The normalized spacial score (nSPS) is 17.8. The van der Waals surface area contributed by atoms with Crippen molar-refractivity contribution >= 4 is 11.3 Å². The first-order valence-electron chi connectivity index (χ1n) is 9.44. The van der Waals surface area contributed by atoms with Crippen LogP contribution in [-0.2, 0) is 16.7 Å². The van der Waals surface area contributed by atoms with E-state index < -0.39 is 0 Å². The summed E-state index contributed by atoms with van der Waals surface area (Å²) in [5.41, 5.74) is 1.15. The predicted octanol–water partition coefficient (Wildman–Crippen LogP) is 4.20. The maximum absolute atomic E-state index is 5.61. The van der Waals surface area contributed by atoms with Gasteiger partial charge in [0, 0.05) is 36.5 Å². The molecule has 1 aliphatic heterocycles. The first kappa shape index (κ1) is 19.5. The summed E-state index contributed by atoms with van der Waals surface area (Å²) >= 11 is 1.73. The molecule has 2 aromatic rings. The highest BCUT2D eigenvalue weighted by Crippen LogP contribution is 2.31. The molecule has 6 nitrogen and oxygen atoms in total. The summed E-state index contributed by atoms with van der Waals surface area (Å²) in [6, 6.07) is 0.0405. The Kier molecular flexibility index (Phi) is 6.10. The summed E-state index contributed by atoms with van der Waals surface area (Å²) < 4.78 is 11.1. The maximum atomic E-state index is 5.61. The molecule has 2 aromatic heterocycles. The molecule has 1 unspecified atom stereocenters. The lowest BCUT2D eigenvalue weighted by Gasteiger charge is -2.28. The Morgan fingerprint density at radius 1 is 1.23 bits per heavy atom. The maximum Gasteiger partial charge on any atom is 0.244 e. The van der Waals surface area contributed by atoms with Gasteiger partial charge in [0.25, 0.3) is 0 Å². The Morgan fingerprint density at radius 3 is 2.54 bits per heavy atom. The van der Waals surface area contributed by atoms with Gasteiger partial charge in [0.15, 0.2) is 5.82 Å². The van der Waals surface area contributed by atoms with E-state index in [0.717, 1.165) is 42.6 Å². The zero-order valence-corrected chi connectivity index (χ0v) is 17.2. The van der Waals surface area contributed by atoms with E-state index in [1.165, 1.54) is 0 Å². The van der Waals surface area contributed by atoms with Gasteiger partial charge in [0.05, 0.1) is 16.7 Å². The van der Waals surface area contributed by atoms with Gasteiger partial charge in [0.2, 0.25) is 5.89 Å². The van der Waals surface area contributed by atoms with Gasteiger partial charge >= 0.3 is 0 Å². The first-order valence-corrected chi connectivity index (χ1v) is 10.3.